The van der Waals surface area contributed by atoms with Crippen LogP contribution in [0.4, 0.5) is 5.69 Å². The van der Waals surface area contributed by atoms with Crippen molar-refractivity contribution in [1.82, 2.24) is 5.32 Å². The fourth-order valence-corrected chi connectivity index (χ4v) is 8.63. The van der Waals surface area contributed by atoms with Gasteiger partial charge in [0.1, 0.15) is 0 Å². The molecule has 4 saturated carbocycles. The SMILES string of the molecule is Cc1ccc(C)c(S(=O)(=O)Nc2ccc(C(=O)OCC(=O)N[C@@H](C)C34CC5CC(CC(C5)C3)C4)cc2)c1. The van der Waals surface area contributed by atoms with Crippen molar-refractivity contribution in [2.45, 2.75) is 70.2 Å². The minimum Gasteiger partial charge on any atom is -0.452 e. The topological polar surface area (TPSA) is 102 Å². The zero-order chi connectivity index (χ0) is 26.4. The Hall–Kier alpha value is -2.87. The molecule has 4 fully saturated rings. The number of esters is 1. The van der Waals surface area contributed by atoms with Gasteiger partial charge in [0.2, 0.25) is 0 Å². The fourth-order valence-electron chi connectivity index (χ4n) is 7.24. The van der Waals surface area contributed by atoms with Gasteiger partial charge in [0, 0.05) is 11.7 Å². The first kappa shape index (κ1) is 25.8. The van der Waals surface area contributed by atoms with E-state index < -0.39 is 16.0 Å². The van der Waals surface area contributed by atoms with E-state index in [1.54, 1.807) is 19.1 Å². The maximum absolute atomic E-state index is 12.8. The first-order valence-electron chi connectivity index (χ1n) is 13.2. The van der Waals surface area contributed by atoms with Gasteiger partial charge in [-0.15, -0.1) is 0 Å². The van der Waals surface area contributed by atoms with E-state index in [4.69, 9.17) is 4.74 Å². The highest BCUT2D eigenvalue weighted by Gasteiger charge is 2.53. The lowest BCUT2D eigenvalue weighted by molar-refractivity contribution is -0.128. The van der Waals surface area contributed by atoms with E-state index in [1.165, 1.54) is 62.8 Å². The number of ether oxygens (including phenoxy) is 1. The number of aryl methyl sites for hydroxylation is 2. The van der Waals surface area contributed by atoms with Gasteiger partial charge in [-0.05, 0) is 124 Å². The zero-order valence-corrected chi connectivity index (χ0v) is 22.6. The third-order valence-electron chi connectivity index (χ3n) is 8.72. The molecule has 4 aliphatic carbocycles. The molecule has 4 bridgehead atoms. The largest absolute Gasteiger partial charge is 0.452 e. The number of hydrogen-bond donors (Lipinski definition) is 2. The average molecular weight is 525 g/mol. The smallest absolute Gasteiger partial charge is 0.338 e. The minimum atomic E-state index is -3.77. The van der Waals surface area contributed by atoms with Crippen LogP contribution in [0.3, 0.4) is 0 Å². The first-order chi connectivity index (χ1) is 17.5. The third-order valence-corrected chi connectivity index (χ3v) is 10.2. The summed E-state index contributed by atoms with van der Waals surface area (Å²) in [7, 11) is -3.77. The summed E-state index contributed by atoms with van der Waals surface area (Å²) in [6, 6.07) is 11.3. The lowest BCUT2D eigenvalue weighted by atomic mass is 9.48. The van der Waals surface area contributed by atoms with Gasteiger partial charge in [0.05, 0.1) is 10.5 Å². The molecule has 2 aromatic carbocycles. The van der Waals surface area contributed by atoms with Gasteiger partial charge in [-0.3, -0.25) is 9.52 Å². The van der Waals surface area contributed by atoms with Crippen LogP contribution < -0.4 is 10.0 Å². The summed E-state index contributed by atoms with van der Waals surface area (Å²) in [5.74, 6) is 1.50. The normalized spacial score (nSPS) is 26.9. The van der Waals surface area contributed by atoms with E-state index in [-0.39, 0.29) is 34.4 Å². The van der Waals surface area contributed by atoms with Crippen LogP contribution in [0.5, 0.6) is 0 Å². The molecule has 4 aliphatic rings. The van der Waals surface area contributed by atoms with E-state index in [2.05, 4.69) is 17.0 Å². The molecule has 1 atom stereocenters. The number of hydrogen-bond acceptors (Lipinski definition) is 5. The molecule has 0 spiro atoms. The first-order valence-corrected chi connectivity index (χ1v) is 14.7. The number of benzene rings is 2. The van der Waals surface area contributed by atoms with Crippen LogP contribution in [0.25, 0.3) is 0 Å². The van der Waals surface area contributed by atoms with E-state index in [0.29, 0.717) is 11.3 Å². The number of anilines is 1. The van der Waals surface area contributed by atoms with Crippen LogP contribution in [0.15, 0.2) is 47.4 Å². The number of sulfonamides is 1. The Kier molecular flexibility index (Phi) is 6.81. The Labute approximate surface area is 219 Å². The molecule has 2 aromatic rings. The standard InChI is InChI=1S/C29H36N2O5S/c1-18-4-5-19(2)26(10-18)37(34,35)31-25-8-6-24(7-9-25)28(33)36-17-27(32)30-20(3)29-14-21-11-22(15-29)13-23(12-21)16-29/h4-10,20-23,31H,11-17H2,1-3H3,(H,30,32)/t20-,21?,22?,23?,29?/m0/s1. The summed E-state index contributed by atoms with van der Waals surface area (Å²) < 4.78 is 33.4. The third kappa shape index (κ3) is 5.40. The van der Waals surface area contributed by atoms with Crippen molar-refractivity contribution in [1.29, 1.82) is 0 Å². The van der Waals surface area contributed by atoms with Gasteiger partial charge in [-0.2, -0.15) is 0 Å². The van der Waals surface area contributed by atoms with E-state index in [1.807, 2.05) is 13.0 Å². The molecule has 6 rings (SSSR count). The van der Waals surface area contributed by atoms with Gasteiger partial charge in [0.25, 0.3) is 15.9 Å². The summed E-state index contributed by atoms with van der Waals surface area (Å²) >= 11 is 0. The zero-order valence-electron chi connectivity index (χ0n) is 21.8. The lowest BCUT2D eigenvalue weighted by Crippen LogP contribution is -2.56. The highest BCUT2D eigenvalue weighted by Crippen LogP contribution is 2.61. The second-order valence-corrected chi connectivity index (χ2v) is 13.2. The van der Waals surface area contributed by atoms with Crippen molar-refractivity contribution < 1.29 is 22.7 Å². The van der Waals surface area contributed by atoms with Crippen molar-refractivity contribution in [3.63, 3.8) is 0 Å². The van der Waals surface area contributed by atoms with Gasteiger partial charge < -0.3 is 10.1 Å². The second-order valence-electron chi connectivity index (χ2n) is 11.6. The Bertz CT molecular complexity index is 1270. The van der Waals surface area contributed by atoms with E-state index in [9.17, 15) is 18.0 Å². The average Bonchev–Trinajstić information content (AvgIpc) is 2.83. The molecule has 0 aromatic heterocycles. The fraction of sp³-hybridized carbons (Fsp3) is 0.517. The molecule has 2 N–H and O–H groups in total. The molecule has 0 heterocycles. The van der Waals surface area contributed by atoms with Crippen LogP contribution in [0.2, 0.25) is 0 Å². The second kappa shape index (κ2) is 9.78. The molecule has 7 nitrogen and oxygen atoms in total. The van der Waals surface area contributed by atoms with Gasteiger partial charge in [-0.1, -0.05) is 12.1 Å². The highest BCUT2D eigenvalue weighted by atomic mass is 32.2. The van der Waals surface area contributed by atoms with Crippen molar-refractivity contribution in [3.8, 4) is 0 Å². The maximum atomic E-state index is 12.8. The molecule has 37 heavy (non-hydrogen) atoms. The van der Waals surface area contributed by atoms with Crippen LogP contribution >= 0.6 is 0 Å². The van der Waals surface area contributed by atoms with Crippen molar-refractivity contribution in [2.24, 2.45) is 23.2 Å². The number of amides is 1. The minimum absolute atomic E-state index is 0.0662. The Balaban J connectivity index is 1.14. The van der Waals surface area contributed by atoms with Crippen LogP contribution in [0, 0.1) is 37.0 Å². The Morgan fingerprint density at radius 2 is 1.57 bits per heavy atom. The predicted molar refractivity (Wildman–Crippen MR) is 142 cm³/mol. The van der Waals surface area contributed by atoms with Gasteiger partial charge >= 0.3 is 5.97 Å². The summed E-state index contributed by atoms with van der Waals surface area (Å²) in [6.45, 7) is 5.34. The Morgan fingerprint density at radius 3 is 2.16 bits per heavy atom. The molecule has 0 aliphatic heterocycles. The van der Waals surface area contributed by atoms with E-state index >= 15 is 0 Å². The van der Waals surface area contributed by atoms with Crippen LogP contribution in [-0.2, 0) is 19.6 Å². The van der Waals surface area contributed by atoms with Crippen LogP contribution in [0.1, 0.15) is 66.9 Å². The number of carbonyl (C=O) groups is 2. The number of carbonyl (C=O) groups excluding carboxylic acids is 2. The highest BCUT2D eigenvalue weighted by molar-refractivity contribution is 7.92. The molecule has 8 heteroatoms. The maximum Gasteiger partial charge on any atom is 0.338 e. The summed E-state index contributed by atoms with van der Waals surface area (Å²) in [6.07, 6.45) is 7.63. The Morgan fingerprint density at radius 1 is 0.973 bits per heavy atom. The molecule has 0 unspecified atom stereocenters. The van der Waals surface area contributed by atoms with Crippen molar-refractivity contribution in [3.05, 3.63) is 59.2 Å². The van der Waals surface area contributed by atoms with Gasteiger partial charge in [-0.25, -0.2) is 13.2 Å². The molecule has 0 radical (unpaired) electrons. The quantitative estimate of drug-likeness (QED) is 0.474. The number of rotatable bonds is 8. The molecular weight excluding hydrogens is 488 g/mol. The van der Waals surface area contributed by atoms with E-state index in [0.717, 1.165) is 23.3 Å². The molecule has 1 amide bonds. The van der Waals surface area contributed by atoms with Gasteiger partial charge in [0.15, 0.2) is 6.61 Å². The number of nitrogens with one attached hydrogen (secondary N) is 2. The van der Waals surface area contributed by atoms with Crippen LogP contribution in [-0.4, -0.2) is 32.9 Å². The summed E-state index contributed by atoms with van der Waals surface area (Å²) in [5, 5.41) is 3.11. The van der Waals surface area contributed by atoms with Crippen molar-refractivity contribution >= 4 is 27.6 Å². The predicted octanol–water partition coefficient (Wildman–Crippen LogP) is 4.98. The monoisotopic (exact) mass is 524 g/mol. The van der Waals surface area contributed by atoms with Crippen molar-refractivity contribution in [2.75, 3.05) is 11.3 Å². The molecule has 0 saturated heterocycles. The summed E-state index contributed by atoms with van der Waals surface area (Å²) in [4.78, 5) is 25.3. The lowest BCUT2D eigenvalue weighted by Gasteiger charge is -2.59. The molecule has 198 valence electrons. The summed E-state index contributed by atoms with van der Waals surface area (Å²) in [5.41, 5.74) is 2.26. The molecular formula is C29H36N2O5S.